The number of thiazole rings is 1. The maximum atomic E-state index is 12.2. The number of rotatable bonds is 5. The number of amides is 1. The van der Waals surface area contributed by atoms with E-state index in [2.05, 4.69) is 10.3 Å². The monoisotopic (exact) mass is 342 g/mol. The number of para-hydroxylation sites is 1. The Labute approximate surface area is 143 Å². The molecule has 24 heavy (non-hydrogen) atoms. The first-order valence-electron chi connectivity index (χ1n) is 7.70. The Kier molecular flexibility index (Phi) is 4.89. The number of hydrogen-bond acceptors (Lipinski definition) is 5. The van der Waals surface area contributed by atoms with E-state index in [0.29, 0.717) is 10.7 Å². The molecule has 5 nitrogen and oxygen atoms in total. The summed E-state index contributed by atoms with van der Waals surface area (Å²) in [6, 6.07) is 14.8. The summed E-state index contributed by atoms with van der Waals surface area (Å²) in [6.45, 7) is 2.02. The fourth-order valence-electron chi connectivity index (χ4n) is 2.38. The first kappa shape index (κ1) is 16.6. The molecule has 0 radical (unpaired) electrons. The summed E-state index contributed by atoms with van der Waals surface area (Å²) in [5.74, 6) is -0.657. The normalized spacial score (nSPS) is 13.6. The van der Waals surface area contributed by atoms with E-state index in [1.807, 2.05) is 49.4 Å². The van der Waals surface area contributed by atoms with Crippen molar-refractivity contribution in [1.29, 1.82) is 0 Å². The molecule has 0 fully saturated rings. The molecule has 1 aromatic heterocycles. The van der Waals surface area contributed by atoms with Gasteiger partial charge in [-0.1, -0.05) is 31.2 Å². The van der Waals surface area contributed by atoms with E-state index in [9.17, 15) is 15.0 Å². The van der Waals surface area contributed by atoms with Gasteiger partial charge in [-0.05, 0) is 36.2 Å². The van der Waals surface area contributed by atoms with Crippen molar-refractivity contribution in [2.75, 3.05) is 5.32 Å². The van der Waals surface area contributed by atoms with Gasteiger partial charge in [-0.3, -0.25) is 4.79 Å². The highest BCUT2D eigenvalue weighted by Crippen LogP contribution is 2.28. The van der Waals surface area contributed by atoms with Crippen LogP contribution in [-0.2, 0) is 11.2 Å². The van der Waals surface area contributed by atoms with Crippen LogP contribution in [0.3, 0.4) is 0 Å². The molecule has 0 aliphatic rings. The molecule has 0 aliphatic heterocycles. The van der Waals surface area contributed by atoms with Crippen LogP contribution in [0, 0.1) is 0 Å². The Hall–Kier alpha value is -2.28. The average molecular weight is 342 g/mol. The van der Waals surface area contributed by atoms with Gasteiger partial charge in [0.1, 0.15) is 11.1 Å². The third-order valence-electron chi connectivity index (χ3n) is 3.73. The van der Waals surface area contributed by atoms with Crippen LogP contribution in [0.4, 0.5) is 5.69 Å². The average Bonchev–Trinajstić information content (AvgIpc) is 3.04. The molecule has 124 valence electrons. The number of aliphatic hydroxyl groups is 2. The molecule has 2 unspecified atom stereocenters. The quantitative estimate of drug-likeness (QED) is 0.666. The first-order valence-corrected chi connectivity index (χ1v) is 8.51. The number of aliphatic hydroxyl groups excluding tert-OH is 2. The van der Waals surface area contributed by atoms with Crippen LogP contribution in [0.15, 0.2) is 48.5 Å². The van der Waals surface area contributed by atoms with Crippen LogP contribution in [0.2, 0.25) is 0 Å². The molecular formula is C18H18N2O3S. The Morgan fingerprint density at radius 1 is 1.21 bits per heavy atom. The summed E-state index contributed by atoms with van der Waals surface area (Å²) in [6.07, 6.45) is -2.10. The van der Waals surface area contributed by atoms with E-state index in [1.165, 1.54) is 11.3 Å². The van der Waals surface area contributed by atoms with Crippen LogP contribution in [0.5, 0.6) is 0 Å². The number of nitrogens with one attached hydrogen (secondary N) is 1. The van der Waals surface area contributed by atoms with Gasteiger partial charge < -0.3 is 15.5 Å². The molecule has 0 bridgehead atoms. The second kappa shape index (κ2) is 7.09. The predicted octanol–water partition coefficient (Wildman–Crippen LogP) is 2.89. The molecule has 3 aromatic rings. The second-order valence-electron chi connectivity index (χ2n) is 5.45. The lowest BCUT2D eigenvalue weighted by molar-refractivity contribution is -0.129. The molecule has 1 heterocycles. The minimum atomic E-state index is -1.59. The van der Waals surface area contributed by atoms with Crippen molar-refractivity contribution < 1.29 is 15.0 Å². The maximum Gasteiger partial charge on any atom is 0.256 e. The highest BCUT2D eigenvalue weighted by Gasteiger charge is 2.28. The van der Waals surface area contributed by atoms with E-state index in [1.54, 1.807) is 6.07 Å². The standard InChI is InChI=1S/C18H18N2O3S/c1-2-11-6-5-7-12(10-11)19-17(23)15(21)16(22)18-20-13-8-3-4-9-14(13)24-18/h3-10,15-16,21-22H,2H2,1H3,(H,19,23). The van der Waals surface area contributed by atoms with E-state index in [0.717, 1.165) is 22.2 Å². The van der Waals surface area contributed by atoms with Crippen molar-refractivity contribution in [3.05, 3.63) is 59.1 Å². The van der Waals surface area contributed by atoms with Gasteiger partial charge in [0.25, 0.3) is 5.91 Å². The minimum absolute atomic E-state index is 0.321. The number of carbonyl (C=O) groups is 1. The molecule has 3 rings (SSSR count). The van der Waals surface area contributed by atoms with E-state index >= 15 is 0 Å². The molecule has 6 heteroatoms. The lowest BCUT2D eigenvalue weighted by Gasteiger charge is -2.15. The van der Waals surface area contributed by atoms with Gasteiger partial charge in [-0.2, -0.15) is 0 Å². The lowest BCUT2D eigenvalue weighted by atomic mass is 10.1. The third kappa shape index (κ3) is 3.46. The number of anilines is 1. The topological polar surface area (TPSA) is 82.5 Å². The number of hydrogen-bond donors (Lipinski definition) is 3. The number of fused-ring (bicyclic) bond motifs is 1. The van der Waals surface area contributed by atoms with Gasteiger partial charge in [0.15, 0.2) is 6.10 Å². The van der Waals surface area contributed by atoms with Gasteiger partial charge in [-0.15, -0.1) is 11.3 Å². The second-order valence-corrected chi connectivity index (χ2v) is 6.51. The summed E-state index contributed by atoms with van der Waals surface area (Å²) in [4.78, 5) is 16.5. The first-order chi connectivity index (χ1) is 11.6. The smallest absolute Gasteiger partial charge is 0.256 e. The molecule has 0 aliphatic carbocycles. The molecule has 3 N–H and O–H groups in total. The van der Waals surface area contributed by atoms with Crippen molar-refractivity contribution in [3.63, 3.8) is 0 Å². The molecule has 2 aromatic carbocycles. The van der Waals surface area contributed by atoms with Crippen molar-refractivity contribution in [3.8, 4) is 0 Å². The third-order valence-corrected chi connectivity index (χ3v) is 4.84. The Balaban J connectivity index is 1.74. The molecule has 1 amide bonds. The van der Waals surface area contributed by atoms with Gasteiger partial charge in [0, 0.05) is 5.69 Å². The number of aromatic nitrogens is 1. The molecule has 0 saturated heterocycles. The van der Waals surface area contributed by atoms with Crippen LogP contribution in [0.25, 0.3) is 10.2 Å². The Morgan fingerprint density at radius 2 is 2.00 bits per heavy atom. The number of aryl methyl sites for hydroxylation is 1. The van der Waals surface area contributed by atoms with Crippen molar-refractivity contribution in [2.24, 2.45) is 0 Å². The number of nitrogens with zero attached hydrogens (tertiary/aromatic N) is 1. The fourth-order valence-corrected chi connectivity index (χ4v) is 3.36. The Bertz CT molecular complexity index is 829. The number of benzene rings is 2. The van der Waals surface area contributed by atoms with Gasteiger partial charge >= 0.3 is 0 Å². The molecule has 0 saturated carbocycles. The molecular weight excluding hydrogens is 324 g/mol. The summed E-state index contributed by atoms with van der Waals surface area (Å²) in [7, 11) is 0. The fraction of sp³-hybridized carbons (Fsp3) is 0.222. The minimum Gasteiger partial charge on any atom is -0.383 e. The lowest BCUT2D eigenvalue weighted by Crippen LogP contribution is -2.33. The van der Waals surface area contributed by atoms with Crippen LogP contribution in [0.1, 0.15) is 23.6 Å². The predicted molar refractivity (Wildman–Crippen MR) is 95.0 cm³/mol. The zero-order valence-corrected chi connectivity index (χ0v) is 14.0. The summed E-state index contributed by atoms with van der Waals surface area (Å²) in [5.41, 5.74) is 2.41. The van der Waals surface area contributed by atoms with Crippen LogP contribution >= 0.6 is 11.3 Å². The summed E-state index contributed by atoms with van der Waals surface area (Å²) in [5, 5.41) is 23.4. The van der Waals surface area contributed by atoms with Gasteiger partial charge in [0.2, 0.25) is 0 Å². The Morgan fingerprint density at radius 3 is 2.75 bits per heavy atom. The van der Waals surface area contributed by atoms with Gasteiger partial charge in [-0.25, -0.2) is 4.98 Å². The maximum absolute atomic E-state index is 12.2. The van der Waals surface area contributed by atoms with Crippen LogP contribution < -0.4 is 5.32 Å². The zero-order chi connectivity index (χ0) is 17.1. The summed E-state index contributed by atoms with van der Waals surface area (Å²) >= 11 is 1.26. The van der Waals surface area contributed by atoms with Crippen molar-refractivity contribution in [2.45, 2.75) is 25.6 Å². The van der Waals surface area contributed by atoms with E-state index in [4.69, 9.17) is 0 Å². The summed E-state index contributed by atoms with van der Waals surface area (Å²) < 4.78 is 0.898. The SMILES string of the molecule is CCc1cccc(NC(=O)C(O)C(O)c2nc3ccccc3s2)c1. The zero-order valence-electron chi connectivity index (χ0n) is 13.1. The van der Waals surface area contributed by atoms with E-state index < -0.39 is 18.1 Å². The highest BCUT2D eigenvalue weighted by molar-refractivity contribution is 7.18. The van der Waals surface area contributed by atoms with Crippen LogP contribution in [-0.4, -0.2) is 27.2 Å². The molecule has 2 atom stereocenters. The van der Waals surface area contributed by atoms with Crippen molar-refractivity contribution >= 4 is 33.1 Å². The number of carbonyl (C=O) groups excluding carboxylic acids is 1. The largest absolute Gasteiger partial charge is 0.383 e. The van der Waals surface area contributed by atoms with Gasteiger partial charge in [0.05, 0.1) is 10.2 Å². The van der Waals surface area contributed by atoms with Crippen molar-refractivity contribution in [1.82, 2.24) is 4.98 Å². The molecule has 0 spiro atoms. The van der Waals surface area contributed by atoms with E-state index in [-0.39, 0.29) is 0 Å². The highest BCUT2D eigenvalue weighted by atomic mass is 32.1.